The lowest BCUT2D eigenvalue weighted by Gasteiger charge is -2.30. The number of fused-ring (bicyclic) bond motifs is 3. The number of hydrogen-bond donors (Lipinski definition) is 2. The molecular weight excluding hydrogens is 500 g/mol. The molecule has 0 radical (unpaired) electrons. The van der Waals surface area contributed by atoms with Crippen molar-refractivity contribution in [2.75, 3.05) is 25.4 Å². The second-order valence-corrected chi connectivity index (χ2v) is 9.87. The van der Waals surface area contributed by atoms with Gasteiger partial charge in [-0.15, -0.1) is 6.42 Å². The summed E-state index contributed by atoms with van der Waals surface area (Å²) in [6.45, 7) is 1.12. The minimum atomic E-state index is -1.13. The SMILES string of the molecule is C#Cc1c(F)ccc2cc(N)cc(-c3c(F)cc4c(O)nc(OC[C@@]56CCCN5C[C@H](F)C6)nc4c3F)c12. The van der Waals surface area contributed by atoms with Gasteiger partial charge < -0.3 is 15.6 Å². The Labute approximate surface area is 215 Å². The first-order valence-corrected chi connectivity index (χ1v) is 12.1. The molecule has 3 N–H and O–H groups in total. The first-order chi connectivity index (χ1) is 18.2. The Bertz CT molecular complexity index is 1670. The van der Waals surface area contributed by atoms with Crippen molar-refractivity contribution in [2.45, 2.75) is 31.0 Å². The van der Waals surface area contributed by atoms with Crippen LogP contribution in [0, 0.1) is 29.8 Å². The minimum absolute atomic E-state index is 0.0543. The number of aromatic nitrogens is 2. The number of ether oxygens (including phenoxy) is 1. The van der Waals surface area contributed by atoms with Crippen LogP contribution in [0.25, 0.3) is 32.8 Å². The van der Waals surface area contributed by atoms with Gasteiger partial charge in [0.05, 0.1) is 22.1 Å². The van der Waals surface area contributed by atoms with Crippen molar-refractivity contribution >= 4 is 27.4 Å². The number of nitrogen functional groups attached to an aromatic ring is 1. The normalized spacial score (nSPS) is 21.2. The van der Waals surface area contributed by atoms with Gasteiger partial charge in [0.2, 0.25) is 5.88 Å². The number of hydrogen-bond acceptors (Lipinski definition) is 6. The fourth-order valence-corrected chi connectivity index (χ4v) is 5.92. The average Bonchev–Trinajstić information content (AvgIpc) is 3.39. The summed E-state index contributed by atoms with van der Waals surface area (Å²) in [7, 11) is 0. The maximum atomic E-state index is 16.0. The van der Waals surface area contributed by atoms with E-state index in [0.717, 1.165) is 31.5 Å². The van der Waals surface area contributed by atoms with E-state index in [1.807, 2.05) is 4.90 Å². The Morgan fingerprint density at radius 3 is 2.79 bits per heavy atom. The van der Waals surface area contributed by atoms with E-state index in [2.05, 4.69) is 15.9 Å². The van der Waals surface area contributed by atoms with Crippen molar-refractivity contribution in [3.63, 3.8) is 0 Å². The lowest BCUT2D eigenvalue weighted by atomic mass is 9.92. The van der Waals surface area contributed by atoms with Gasteiger partial charge in [-0.25, -0.2) is 17.6 Å². The van der Waals surface area contributed by atoms with E-state index < -0.39 is 46.1 Å². The van der Waals surface area contributed by atoms with Gasteiger partial charge in [-0.05, 0) is 54.6 Å². The standard InChI is InChI=1S/C28H22F4N4O2/c1-2-17-20(30)5-4-14-8-16(33)9-18(22(14)17)23-21(31)10-19-25(24(23)32)34-27(35-26(19)37)38-13-28-6-3-7-36(28)12-15(29)11-28/h1,4-5,8-10,15H,3,6-7,11-13,33H2,(H,34,35,37)/t15-,28+/m1/s1. The molecule has 0 aliphatic carbocycles. The van der Waals surface area contributed by atoms with Crippen molar-refractivity contribution in [1.82, 2.24) is 14.9 Å². The lowest BCUT2D eigenvalue weighted by molar-refractivity contribution is 0.107. The molecule has 4 aromatic rings. The predicted molar refractivity (Wildman–Crippen MR) is 135 cm³/mol. The third kappa shape index (κ3) is 3.69. The maximum Gasteiger partial charge on any atom is 0.320 e. The van der Waals surface area contributed by atoms with Crippen LogP contribution < -0.4 is 10.5 Å². The molecule has 10 heteroatoms. The van der Waals surface area contributed by atoms with Crippen molar-refractivity contribution in [2.24, 2.45) is 0 Å². The molecule has 2 saturated heterocycles. The summed E-state index contributed by atoms with van der Waals surface area (Å²) in [5.41, 5.74) is 4.47. The number of halogens is 4. The number of terminal acetylenes is 1. The fourth-order valence-electron chi connectivity index (χ4n) is 5.92. The quantitative estimate of drug-likeness (QED) is 0.221. The van der Waals surface area contributed by atoms with Crippen molar-refractivity contribution < 1.29 is 27.4 Å². The number of anilines is 1. The molecule has 2 atom stereocenters. The van der Waals surface area contributed by atoms with Crippen molar-refractivity contribution in [1.29, 1.82) is 0 Å². The molecule has 194 valence electrons. The molecule has 3 heterocycles. The molecule has 6 nitrogen and oxygen atoms in total. The first kappa shape index (κ1) is 24.2. The molecule has 1 aromatic heterocycles. The topological polar surface area (TPSA) is 84.5 Å². The molecule has 0 spiro atoms. The second-order valence-electron chi connectivity index (χ2n) is 9.87. The monoisotopic (exact) mass is 522 g/mol. The van der Waals surface area contributed by atoms with Gasteiger partial charge in [0.25, 0.3) is 0 Å². The highest BCUT2D eigenvalue weighted by molar-refractivity contribution is 6.04. The summed E-state index contributed by atoms with van der Waals surface area (Å²) >= 11 is 0. The number of alkyl halides is 1. The lowest BCUT2D eigenvalue weighted by Crippen LogP contribution is -2.43. The Kier molecular flexibility index (Phi) is 5.58. The molecule has 2 fully saturated rings. The van der Waals surface area contributed by atoms with Crippen molar-refractivity contribution in [3.8, 4) is 35.4 Å². The maximum absolute atomic E-state index is 16.0. The molecule has 2 aliphatic heterocycles. The van der Waals surface area contributed by atoms with Crippen LogP contribution >= 0.6 is 0 Å². The predicted octanol–water partition coefficient (Wildman–Crippen LogP) is 5.09. The Balaban J connectivity index is 1.49. The van der Waals surface area contributed by atoms with E-state index in [1.165, 1.54) is 18.2 Å². The van der Waals surface area contributed by atoms with Gasteiger partial charge in [-0.2, -0.15) is 9.97 Å². The third-order valence-electron chi connectivity index (χ3n) is 7.58. The van der Waals surface area contributed by atoms with E-state index >= 15 is 8.78 Å². The van der Waals surface area contributed by atoms with Gasteiger partial charge in [0.15, 0.2) is 5.82 Å². The zero-order chi connectivity index (χ0) is 26.8. The Morgan fingerprint density at radius 2 is 2.00 bits per heavy atom. The molecule has 6 rings (SSSR count). The molecule has 0 unspecified atom stereocenters. The highest BCUT2D eigenvalue weighted by Crippen LogP contribution is 2.42. The van der Waals surface area contributed by atoms with Crippen LogP contribution in [0.5, 0.6) is 11.9 Å². The summed E-state index contributed by atoms with van der Waals surface area (Å²) in [5.74, 6) is -1.35. The second kappa shape index (κ2) is 8.74. The summed E-state index contributed by atoms with van der Waals surface area (Å²) < 4.78 is 65.9. The van der Waals surface area contributed by atoms with E-state index in [9.17, 15) is 13.9 Å². The van der Waals surface area contributed by atoms with Crippen LogP contribution in [0.15, 0.2) is 30.3 Å². The number of nitrogens with two attached hydrogens (primary N) is 1. The number of aromatic hydroxyl groups is 1. The summed E-state index contributed by atoms with van der Waals surface area (Å²) in [6, 6.07) is 5.95. The Morgan fingerprint density at radius 1 is 1.18 bits per heavy atom. The number of nitrogens with zero attached hydrogens (tertiary/aromatic N) is 3. The van der Waals surface area contributed by atoms with Gasteiger partial charge in [0, 0.05) is 24.0 Å². The van der Waals surface area contributed by atoms with Gasteiger partial charge in [0.1, 0.15) is 29.9 Å². The largest absolute Gasteiger partial charge is 0.493 e. The van der Waals surface area contributed by atoms with Crippen LogP contribution in [-0.4, -0.2) is 51.4 Å². The summed E-state index contributed by atoms with van der Waals surface area (Å²) in [4.78, 5) is 10.0. The smallest absolute Gasteiger partial charge is 0.320 e. The van der Waals surface area contributed by atoms with E-state index in [-0.39, 0.29) is 40.2 Å². The van der Waals surface area contributed by atoms with Gasteiger partial charge in [-0.1, -0.05) is 12.0 Å². The van der Waals surface area contributed by atoms with E-state index in [1.54, 1.807) is 0 Å². The highest BCUT2D eigenvalue weighted by Gasteiger charge is 2.49. The van der Waals surface area contributed by atoms with Gasteiger partial charge >= 0.3 is 6.01 Å². The molecule has 0 saturated carbocycles. The number of rotatable bonds is 4. The molecule has 3 aromatic carbocycles. The molecule has 38 heavy (non-hydrogen) atoms. The van der Waals surface area contributed by atoms with Crippen LogP contribution in [-0.2, 0) is 0 Å². The fraction of sp³-hybridized carbons (Fsp3) is 0.286. The zero-order valence-electron chi connectivity index (χ0n) is 20.1. The first-order valence-electron chi connectivity index (χ1n) is 12.1. The van der Waals surface area contributed by atoms with E-state index in [0.29, 0.717) is 18.4 Å². The molecular formula is C28H22F4N4O2. The Hall–Kier alpha value is -4.10. The van der Waals surface area contributed by atoms with E-state index in [4.69, 9.17) is 16.9 Å². The van der Waals surface area contributed by atoms with Crippen LogP contribution in [0.1, 0.15) is 24.8 Å². The van der Waals surface area contributed by atoms with Crippen LogP contribution in [0.2, 0.25) is 0 Å². The van der Waals surface area contributed by atoms with Crippen LogP contribution in [0.4, 0.5) is 23.2 Å². The molecule has 2 aliphatic rings. The third-order valence-corrected chi connectivity index (χ3v) is 7.58. The van der Waals surface area contributed by atoms with Gasteiger partial charge in [-0.3, -0.25) is 4.90 Å². The molecule has 0 amide bonds. The summed E-state index contributed by atoms with van der Waals surface area (Å²) in [6.07, 6.45) is 6.48. The van der Waals surface area contributed by atoms with Crippen LogP contribution in [0.3, 0.4) is 0 Å². The zero-order valence-corrected chi connectivity index (χ0v) is 20.1. The number of benzene rings is 3. The average molecular weight is 523 g/mol. The minimum Gasteiger partial charge on any atom is -0.493 e. The highest BCUT2D eigenvalue weighted by atomic mass is 19.1. The summed E-state index contributed by atoms with van der Waals surface area (Å²) in [5, 5.41) is 10.7. The van der Waals surface area contributed by atoms with Crippen molar-refractivity contribution in [3.05, 3.63) is 53.3 Å². The molecule has 0 bridgehead atoms.